The van der Waals surface area contributed by atoms with Crippen LogP contribution in [0.4, 0.5) is 0 Å². The van der Waals surface area contributed by atoms with E-state index in [0.717, 1.165) is 19.5 Å². The van der Waals surface area contributed by atoms with Crippen LogP contribution in [0.5, 0.6) is 0 Å². The Hall–Kier alpha value is -1.39. The number of methoxy groups -OCH3 is 1. The molecule has 0 spiro atoms. The molecule has 4 nitrogen and oxygen atoms in total. The number of hydrogen-bond acceptors (Lipinski definition) is 4. The average molecular weight is 248 g/mol. The molecule has 1 aliphatic heterocycles. The molecule has 0 amide bonds. The summed E-state index contributed by atoms with van der Waals surface area (Å²) in [5, 5.41) is 0. The van der Waals surface area contributed by atoms with Gasteiger partial charge in [-0.1, -0.05) is 12.1 Å². The van der Waals surface area contributed by atoms with Crippen LogP contribution in [0.25, 0.3) is 0 Å². The molecule has 2 atom stereocenters. The first-order valence-corrected chi connectivity index (χ1v) is 6.28. The third-order valence-electron chi connectivity index (χ3n) is 3.71. The number of hydrogen-bond donors (Lipinski definition) is 1. The van der Waals surface area contributed by atoms with Crippen molar-refractivity contribution in [2.45, 2.75) is 32.0 Å². The van der Waals surface area contributed by atoms with Crippen LogP contribution in [0.2, 0.25) is 0 Å². The number of rotatable bonds is 3. The number of nitrogens with zero attached hydrogens (tertiary/aromatic N) is 1. The summed E-state index contributed by atoms with van der Waals surface area (Å²) in [6.45, 7) is 4.10. The van der Waals surface area contributed by atoms with Crippen LogP contribution >= 0.6 is 0 Å². The monoisotopic (exact) mass is 248 g/mol. The average Bonchev–Trinajstić information content (AvgIpc) is 2.71. The molecule has 2 rings (SSSR count). The predicted octanol–water partition coefficient (Wildman–Crippen LogP) is 1.39. The van der Waals surface area contributed by atoms with Gasteiger partial charge in [-0.3, -0.25) is 4.90 Å². The maximum Gasteiger partial charge on any atom is 0.337 e. The van der Waals surface area contributed by atoms with Crippen LogP contribution in [-0.4, -0.2) is 36.6 Å². The molecule has 1 fully saturated rings. The number of esters is 1. The zero-order valence-corrected chi connectivity index (χ0v) is 10.9. The van der Waals surface area contributed by atoms with Crippen LogP contribution in [0.3, 0.4) is 0 Å². The molecule has 1 aromatic rings. The van der Waals surface area contributed by atoms with E-state index in [1.165, 1.54) is 12.7 Å². The van der Waals surface area contributed by atoms with Gasteiger partial charge in [-0.05, 0) is 31.0 Å². The van der Waals surface area contributed by atoms with Gasteiger partial charge in [-0.15, -0.1) is 0 Å². The quantitative estimate of drug-likeness (QED) is 0.821. The molecule has 0 radical (unpaired) electrons. The highest BCUT2D eigenvalue weighted by molar-refractivity contribution is 5.89. The highest BCUT2D eigenvalue weighted by Gasteiger charge is 2.27. The first kappa shape index (κ1) is 13.1. The summed E-state index contributed by atoms with van der Waals surface area (Å²) >= 11 is 0. The van der Waals surface area contributed by atoms with E-state index in [4.69, 9.17) is 5.73 Å². The fraction of sp³-hybridized carbons (Fsp3) is 0.500. The molecule has 2 unspecified atom stereocenters. The van der Waals surface area contributed by atoms with Crippen LogP contribution in [0.1, 0.15) is 29.3 Å². The van der Waals surface area contributed by atoms with E-state index in [1.54, 1.807) is 0 Å². The molecule has 1 aliphatic rings. The molecule has 0 aromatic heterocycles. The number of likely N-dealkylation sites (tertiary alicyclic amines) is 1. The van der Waals surface area contributed by atoms with Crippen molar-refractivity contribution in [1.82, 2.24) is 4.90 Å². The van der Waals surface area contributed by atoms with Gasteiger partial charge < -0.3 is 10.5 Å². The van der Waals surface area contributed by atoms with E-state index in [0.29, 0.717) is 11.6 Å². The summed E-state index contributed by atoms with van der Waals surface area (Å²) in [7, 11) is 1.39. The van der Waals surface area contributed by atoms with Crippen LogP contribution in [-0.2, 0) is 11.3 Å². The Kier molecular flexibility index (Phi) is 3.99. The van der Waals surface area contributed by atoms with Crippen molar-refractivity contribution in [1.29, 1.82) is 0 Å². The maximum atomic E-state index is 11.3. The molecule has 0 bridgehead atoms. The second kappa shape index (κ2) is 5.50. The molecule has 0 saturated carbocycles. The van der Waals surface area contributed by atoms with Gasteiger partial charge >= 0.3 is 5.97 Å². The van der Waals surface area contributed by atoms with Crippen molar-refractivity contribution >= 4 is 5.97 Å². The lowest BCUT2D eigenvalue weighted by Gasteiger charge is -2.22. The molecule has 1 aromatic carbocycles. The first-order chi connectivity index (χ1) is 8.61. The van der Waals surface area contributed by atoms with Gasteiger partial charge in [0.25, 0.3) is 0 Å². The van der Waals surface area contributed by atoms with Crippen molar-refractivity contribution in [2.75, 3.05) is 13.7 Å². The van der Waals surface area contributed by atoms with Gasteiger partial charge in [0, 0.05) is 25.2 Å². The smallest absolute Gasteiger partial charge is 0.337 e. The van der Waals surface area contributed by atoms with Crippen LogP contribution < -0.4 is 5.73 Å². The van der Waals surface area contributed by atoms with E-state index >= 15 is 0 Å². The van der Waals surface area contributed by atoms with Crippen molar-refractivity contribution in [3.8, 4) is 0 Å². The molecule has 1 saturated heterocycles. The summed E-state index contributed by atoms with van der Waals surface area (Å²) in [4.78, 5) is 13.7. The van der Waals surface area contributed by atoms with Gasteiger partial charge in [-0.2, -0.15) is 0 Å². The third kappa shape index (κ3) is 2.71. The second-order valence-electron chi connectivity index (χ2n) is 4.85. The summed E-state index contributed by atoms with van der Waals surface area (Å²) in [6, 6.07) is 8.26. The lowest BCUT2D eigenvalue weighted by Crippen LogP contribution is -2.36. The Labute approximate surface area is 108 Å². The Balaban J connectivity index is 2.00. The standard InChI is InChI=1S/C14H20N2O2/c1-10-13(15)7-8-16(10)9-11-3-5-12(6-4-11)14(17)18-2/h3-6,10,13H,7-9,15H2,1-2H3. The van der Waals surface area contributed by atoms with Crippen LogP contribution in [0.15, 0.2) is 24.3 Å². The Morgan fingerprint density at radius 2 is 2.11 bits per heavy atom. The van der Waals surface area contributed by atoms with E-state index in [1.807, 2.05) is 24.3 Å². The molecule has 4 heteroatoms. The summed E-state index contributed by atoms with van der Waals surface area (Å²) < 4.78 is 4.67. The summed E-state index contributed by atoms with van der Waals surface area (Å²) in [5.41, 5.74) is 7.79. The van der Waals surface area contributed by atoms with Gasteiger partial charge in [0.15, 0.2) is 0 Å². The first-order valence-electron chi connectivity index (χ1n) is 6.28. The fourth-order valence-corrected chi connectivity index (χ4v) is 2.35. The highest BCUT2D eigenvalue weighted by atomic mass is 16.5. The number of ether oxygens (including phenoxy) is 1. The Morgan fingerprint density at radius 1 is 1.44 bits per heavy atom. The number of nitrogens with two attached hydrogens (primary N) is 1. The molecule has 98 valence electrons. The summed E-state index contributed by atoms with van der Waals surface area (Å²) in [5.74, 6) is -0.293. The predicted molar refractivity (Wildman–Crippen MR) is 70.2 cm³/mol. The minimum Gasteiger partial charge on any atom is -0.465 e. The molecule has 0 aliphatic carbocycles. The Bertz CT molecular complexity index is 416. The van der Waals surface area contributed by atoms with Crippen molar-refractivity contribution in [3.63, 3.8) is 0 Å². The van der Waals surface area contributed by atoms with Gasteiger partial charge in [0.1, 0.15) is 0 Å². The number of carbonyl (C=O) groups excluding carboxylic acids is 1. The molecular weight excluding hydrogens is 228 g/mol. The lowest BCUT2D eigenvalue weighted by molar-refractivity contribution is 0.0600. The normalized spacial score (nSPS) is 24.2. The van der Waals surface area contributed by atoms with E-state index < -0.39 is 0 Å². The minimum atomic E-state index is -0.293. The van der Waals surface area contributed by atoms with E-state index in [-0.39, 0.29) is 12.0 Å². The SMILES string of the molecule is COC(=O)c1ccc(CN2CCC(N)C2C)cc1. The molecule has 1 heterocycles. The summed E-state index contributed by atoms with van der Waals surface area (Å²) in [6.07, 6.45) is 1.06. The molecule has 2 N–H and O–H groups in total. The largest absolute Gasteiger partial charge is 0.465 e. The van der Waals surface area contributed by atoms with Gasteiger partial charge in [0.2, 0.25) is 0 Å². The Morgan fingerprint density at radius 3 is 2.61 bits per heavy atom. The van der Waals surface area contributed by atoms with Gasteiger partial charge in [-0.25, -0.2) is 4.79 Å². The zero-order valence-electron chi connectivity index (χ0n) is 10.9. The topological polar surface area (TPSA) is 55.6 Å². The van der Waals surface area contributed by atoms with Crippen LogP contribution in [0, 0.1) is 0 Å². The third-order valence-corrected chi connectivity index (χ3v) is 3.71. The molecule has 18 heavy (non-hydrogen) atoms. The highest BCUT2D eigenvalue weighted by Crippen LogP contribution is 2.19. The number of carbonyl (C=O) groups is 1. The maximum absolute atomic E-state index is 11.3. The zero-order chi connectivity index (χ0) is 13.1. The minimum absolute atomic E-state index is 0.277. The fourth-order valence-electron chi connectivity index (χ4n) is 2.35. The van der Waals surface area contributed by atoms with Gasteiger partial charge in [0.05, 0.1) is 12.7 Å². The number of benzene rings is 1. The second-order valence-corrected chi connectivity index (χ2v) is 4.85. The van der Waals surface area contributed by atoms with Crippen molar-refractivity contribution < 1.29 is 9.53 Å². The van der Waals surface area contributed by atoms with E-state index in [2.05, 4.69) is 16.6 Å². The van der Waals surface area contributed by atoms with Crippen molar-refractivity contribution in [2.24, 2.45) is 5.73 Å². The van der Waals surface area contributed by atoms with E-state index in [9.17, 15) is 4.79 Å². The molecular formula is C14H20N2O2. The van der Waals surface area contributed by atoms with Crippen molar-refractivity contribution in [3.05, 3.63) is 35.4 Å². The lowest BCUT2D eigenvalue weighted by atomic mass is 10.1.